The van der Waals surface area contributed by atoms with E-state index < -0.39 is 0 Å². The molecule has 1 heteroatoms. The zero-order valence-corrected chi connectivity index (χ0v) is 7.84. The Morgan fingerprint density at radius 2 is 2.23 bits per heavy atom. The van der Waals surface area contributed by atoms with Gasteiger partial charge in [-0.3, -0.25) is 0 Å². The van der Waals surface area contributed by atoms with Gasteiger partial charge in [0.2, 0.25) is 0 Å². The van der Waals surface area contributed by atoms with Crippen molar-refractivity contribution in [3.8, 4) is 0 Å². The van der Waals surface area contributed by atoms with Gasteiger partial charge < -0.3 is 5.73 Å². The molecule has 3 rings (SSSR count). The van der Waals surface area contributed by atoms with Gasteiger partial charge >= 0.3 is 0 Å². The molecule has 0 fully saturated rings. The molecule has 68 valence electrons. The number of hydrogen-bond acceptors (Lipinski definition) is 1. The van der Waals surface area contributed by atoms with Crippen LogP contribution in [0.1, 0.15) is 32.1 Å². The maximum Gasteiger partial charge on any atom is 0.0297 e. The third-order valence-corrected chi connectivity index (χ3v) is 3.53. The van der Waals surface area contributed by atoms with E-state index in [1.807, 2.05) is 0 Å². The Kier molecular flexibility index (Phi) is 1.50. The maximum atomic E-state index is 6.16. The summed E-state index contributed by atoms with van der Waals surface area (Å²) in [5, 5.41) is 0. The summed E-state index contributed by atoms with van der Waals surface area (Å²) >= 11 is 0. The average Bonchev–Trinajstić information content (AvgIpc) is 2.66. The highest BCUT2D eigenvalue weighted by atomic mass is 14.7. The lowest BCUT2D eigenvalue weighted by Crippen LogP contribution is -2.26. The molecule has 3 aliphatic carbocycles. The van der Waals surface area contributed by atoms with Crippen LogP contribution in [0.25, 0.3) is 0 Å². The van der Waals surface area contributed by atoms with Crippen molar-refractivity contribution in [3.05, 3.63) is 34.4 Å². The van der Waals surface area contributed by atoms with Crippen LogP contribution in [0.3, 0.4) is 0 Å². The van der Waals surface area contributed by atoms with Crippen LogP contribution >= 0.6 is 0 Å². The maximum absolute atomic E-state index is 6.16. The Balaban J connectivity index is 2.10. The highest BCUT2D eigenvalue weighted by Crippen LogP contribution is 2.43. The van der Waals surface area contributed by atoms with Crippen molar-refractivity contribution >= 4 is 0 Å². The Hall–Kier alpha value is -0.820. The fourth-order valence-corrected chi connectivity index (χ4v) is 2.93. The summed E-state index contributed by atoms with van der Waals surface area (Å²) < 4.78 is 0. The first kappa shape index (κ1) is 7.57. The molecule has 0 heterocycles. The lowest BCUT2D eigenvalue weighted by atomic mass is 9.85. The van der Waals surface area contributed by atoms with E-state index in [2.05, 4.69) is 12.2 Å². The molecule has 0 amide bonds. The van der Waals surface area contributed by atoms with Crippen molar-refractivity contribution in [3.63, 3.8) is 0 Å². The van der Waals surface area contributed by atoms with Crippen molar-refractivity contribution in [1.82, 2.24) is 0 Å². The van der Waals surface area contributed by atoms with Gasteiger partial charge in [-0.05, 0) is 48.8 Å². The second-order valence-electron chi connectivity index (χ2n) is 4.29. The number of allylic oxidation sites excluding steroid dienone is 4. The van der Waals surface area contributed by atoms with E-state index in [4.69, 9.17) is 5.73 Å². The van der Waals surface area contributed by atoms with E-state index in [9.17, 15) is 0 Å². The van der Waals surface area contributed by atoms with Gasteiger partial charge in [0.25, 0.3) is 0 Å². The average molecular weight is 173 g/mol. The highest BCUT2D eigenvalue weighted by Gasteiger charge is 2.29. The quantitative estimate of drug-likeness (QED) is 0.598. The minimum Gasteiger partial charge on any atom is -0.324 e. The second-order valence-corrected chi connectivity index (χ2v) is 4.29. The standard InChI is InChI=1S/C12H15N/c13-12-7-8-3-1-4-9(8)10-5-2-6-11(10)12/h1,4,12H,2-3,5-7,13H2. The predicted octanol–water partition coefficient (Wildman–Crippen LogP) is 2.45. The molecular formula is C12H15N. The Morgan fingerprint density at radius 1 is 1.31 bits per heavy atom. The lowest BCUT2D eigenvalue weighted by molar-refractivity contribution is 0.706. The molecule has 3 aliphatic rings. The van der Waals surface area contributed by atoms with E-state index in [1.54, 1.807) is 22.3 Å². The summed E-state index contributed by atoms with van der Waals surface area (Å²) in [4.78, 5) is 0. The van der Waals surface area contributed by atoms with Crippen LogP contribution in [0.15, 0.2) is 34.4 Å². The van der Waals surface area contributed by atoms with E-state index >= 15 is 0 Å². The minimum absolute atomic E-state index is 0.344. The van der Waals surface area contributed by atoms with Crippen molar-refractivity contribution < 1.29 is 0 Å². The molecule has 0 aliphatic heterocycles. The third kappa shape index (κ3) is 0.969. The molecule has 1 unspecified atom stereocenters. The summed E-state index contributed by atoms with van der Waals surface area (Å²) in [5.41, 5.74) is 12.5. The van der Waals surface area contributed by atoms with Gasteiger partial charge in [-0.25, -0.2) is 0 Å². The van der Waals surface area contributed by atoms with E-state index in [0.717, 1.165) is 12.8 Å². The van der Waals surface area contributed by atoms with E-state index in [0.29, 0.717) is 6.04 Å². The lowest BCUT2D eigenvalue weighted by Gasteiger charge is -2.23. The molecule has 0 aromatic heterocycles. The van der Waals surface area contributed by atoms with Crippen LogP contribution < -0.4 is 5.73 Å². The molecular weight excluding hydrogens is 158 g/mol. The number of fused-ring (bicyclic) bond motifs is 1. The summed E-state index contributed by atoms with van der Waals surface area (Å²) in [6.07, 6.45) is 10.7. The summed E-state index contributed by atoms with van der Waals surface area (Å²) in [6, 6.07) is 0.344. The number of rotatable bonds is 0. The summed E-state index contributed by atoms with van der Waals surface area (Å²) in [6.45, 7) is 0. The van der Waals surface area contributed by atoms with Gasteiger partial charge in [-0.2, -0.15) is 0 Å². The van der Waals surface area contributed by atoms with Gasteiger partial charge in [0.1, 0.15) is 0 Å². The van der Waals surface area contributed by atoms with Crippen molar-refractivity contribution in [2.75, 3.05) is 0 Å². The van der Waals surface area contributed by atoms with Gasteiger partial charge in [0.05, 0.1) is 0 Å². The van der Waals surface area contributed by atoms with Crippen LogP contribution in [-0.2, 0) is 0 Å². The zero-order chi connectivity index (χ0) is 8.84. The van der Waals surface area contributed by atoms with Crippen LogP contribution in [0.2, 0.25) is 0 Å². The van der Waals surface area contributed by atoms with Gasteiger partial charge in [0.15, 0.2) is 0 Å². The molecule has 13 heavy (non-hydrogen) atoms. The smallest absolute Gasteiger partial charge is 0.0297 e. The Bertz CT molecular complexity index is 344. The van der Waals surface area contributed by atoms with E-state index in [-0.39, 0.29) is 0 Å². The largest absolute Gasteiger partial charge is 0.324 e. The van der Waals surface area contributed by atoms with Crippen molar-refractivity contribution in [2.45, 2.75) is 38.1 Å². The molecule has 0 radical (unpaired) electrons. The molecule has 0 spiro atoms. The van der Waals surface area contributed by atoms with E-state index in [1.165, 1.54) is 19.3 Å². The summed E-state index contributed by atoms with van der Waals surface area (Å²) in [7, 11) is 0. The number of nitrogens with two attached hydrogens (primary N) is 1. The Morgan fingerprint density at radius 3 is 3.15 bits per heavy atom. The van der Waals surface area contributed by atoms with Crippen LogP contribution in [0.5, 0.6) is 0 Å². The summed E-state index contributed by atoms with van der Waals surface area (Å²) in [5.74, 6) is 0. The van der Waals surface area contributed by atoms with Crippen molar-refractivity contribution in [1.29, 1.82) is 0 Å². The molecule has 1 nitrogen and oxygen atoms in total. The predicted molar refractivity (Wildman–Crippen MR) is 54.3 cm³/mol. The fourth-order valence-electron chi connectivity index (χ4n) is 2.93. The Labute approximate surface area is 79.0 Å². The first-order chi connectivity index (χ1) is 6.36. The van der Waals surface area contributed by atoms with Gasteiger partial charge in [0, 0.05) is 6.04 Å². The second kappa shape index (κ2) is 2.58. The topological polar surface area (TPSA) is 26.0 Å². The SMILES string of the molecule is NC1CC2=C(C=CC2)C2=C1CCC2. The fraction of sp³-hybridized carbons (Fsp3) is 0.500. The molecule has 2 N–H and O–H groups in total. The molecule has 0 bridgehead atoms. The van der Waals surface area contributed by atoms with Gasteiger partial charge in [-0.15, -0.1) is 0 Å². The molecule has 0 saturated heterocycles. The third-order valence-electron chi connectivity index (χ3n) is 3.53. The molecule has 0 aromatic rings. The zero-order valence-electron chi connectivity index (χ0n) is 7.84. The minimum atomic E-state index is 0.344. The first-order valence-electron chi connectivity index (χ1n) is 5.22. The van der Waals surface area contributed by atoms with Crippen molar-refractivity contribution in [2.24, 2.45) is 5.73 Å². The molecule has 1 atom stereocenters. The molecule has 0 saturated carbocycles. The molecule has 0 aromatic carbocycles. The van der Waals surface area contributed by atoms with Crippen LogP contribution in [0, 0.1) is 0 Å². The first-order valence-corrected chi connectivity index (χ1v) is 5.22. The van der Waals surface area contributed by atoms with Crippen LogP contribution in [0.4, 0.5) is 0 Å². The van der Waals surface area contributed by atoms with Gasteiger partial charge in [-0.1, -0.05) is 17.7 Å². The number of hydrogen-bond donors (Lipinski definition) is 1. The highest BCUT2D eigenvalue weighted by molar-refractivity contribution is 5.55. The normalized spacial score (nSPS) is 31.3. The monoisotopic (exact) mass is 173 g/mol. The van der Waals surface area contributed by atoms with Crippen LogP contribution in [-0.4, -0.2) is 6.04 Å².